The molecule has 1 aliphatic rings. The van der Waals surface area contributed by atoms with Crippen LogP contribution in [0.15, 0.2) is 54.6 Å². The Morgan fingerprint density at radius 3 is 2.20 bits per heavy atom. The fraction of sp³-hybridized carbons (Fsp3) is 0.417. The van der Waals surface area contributed by atoms with Crippen molar-refractivity contribution in [1.29, 1.82) is 0 Å². The minimum atomic E-state index is -0.151. The Kier molecular flexibility index (Phi) is 7.85. The van der Waals surface area contributed by atoms with E-state index in [1.807, 2.05) is 54.6 Å². The van der Waals surface area contributed by atoms with Crippen LogP contribution in [0.1, 0.15) is 36.2 Å². The minimum absolute atomic E-state index is 0.0740. The predicted molar refractivity (Wildman–Crippen MR) is 121 cm³/mol. The second-order valence-electron chi connectivity index (χ2n) is 7.93. The van der Waals surface area contributed by atoms with Gasteiger partial charge in [-0.3, -0.25) is 14.5 Å². The van der Waals surface area contributed by atoms with Crippen molar-refractivity contribution in [3.05, 3.63) is 65.7 Å². The Labute approximate surface area is 179 Å². The zero-order chi connectivity index (χ0) is 21.3. The third-order valence-electron chi connectivity index (χ3n) is 5.51. The lowest BCUT2D eigenvalue weighted by Crippen LogP contribution is -2.48. The molecular weight excluding hydrogens is 376 g/mol. The summed E-state index contributed by atoms with van der Waals surface area (Å²) in [6.07, 6.45) is 0.261. The fourth-order valence-corrected chi connectivity index (χ4v) is 3.60. The first-order chi connectivity index (χ1) is 14.5. The first-order valence-electron chi connectivity index (χ1n) is 10.7. The van der Waals surface area contributed by atoms with E-state index in [9.17, 15) is 9.59 Å². The molecule has 0 saturated carbocycles. The van der Waals surface area contributed by atoms with E-state index in [2.05, 4.69) is 34.3 Å². The molecule has 2 amide bonds. The number of hydrogen-bond donors (Lipinski definition) is 2. The Balaban J connectivity index is 1.39. The van der Waals surface area contributed by atoms with E-state index in [-0.39, 0.29) is 18.2 Å². The molecule has 6 heteroatoms. The normalized spacial score (nSPS) is 14.6. The van der Waals surface area contributed by atoms with Crippen LogP contribution in [0.4, 0.5) is 5.69 Å². The second-order valence-corrected chi connectivity index (χ2v) is 7.93. The lowest BCUT2D eigenvalue weighted by atomic mass is 10.1. The first-order valence-corrected chi connectivity index (χ1v) is 10.7. The summed E-state index contributed by atoms with van der Waals surface area (Å²) in [5.41, 5.74) is 2.82. The molecule has 1 saturated heterocycles. The van der Waals surface area contributed by atoms with Crippen molar-refractivity contribution >= 4 is 17.5 Å². The molecule has 1 aliphatic heterocycles. The molecule has 0 radical (unpaired) electrons. The summed E-state index contributed by atoms with van der Waals surface area (Å²) in [5, 5.41) is 5.69. The van der Waals surface area contributed by atoms with Gasteiger partial charge in [-0.05, 0) is 43.7 Å². The van der Waals surface area contributed by atoms with Crippen LogP contribution in [-0.4, -0.2) is 55.5 Å². The molecule has 2 aromatic carbocycles. The van der Waals surface area contributed by atoms with Crippen LogP contribution < -0.4 is 15.5 Å². The molecule has 0 aromatic heterocycles. The van der Waals surface area contributed by atoms with Gasteiger partial charge in [0.1, 0.15) is 0 Å². The molecule has 0 unspecified atom stereocenters. The summed E-state index contributed by atoms with van der Waals surface area (Å²) >= 11 is 0. The Hall–Kier alpha value is -2.86. The Morgan fingerprint density at radius 1 is 0.900 bits per heavy atom. The molecule has 160 valence electrons. The van der Waals surface area contributed by atoms with Gasteiger partial charge in [0.05, 0.1) is 0 Å². The molecule has 3 rings (SSSR count). The minimum Gasteiger partial charge on any atom is -0.369 e. The average molecular weight is 409 g/mol. The summed E-state index contributed by atoms with van der Waals surface area (Å²) in [5.74, 6) is -0.225. The van der Waals surface area contributed by atoms with Crippen LogP contribution in [0, 0.1) is 0 Å². The van der Waals surface area contributed by atoms with Crippen LogP contribution in [0.3, 0.4) is 0 Å². The molecule has 0 bridgehead atoms. The molecule has 2 aromatic rings. The van der Waals surface area contributed by atoms with E-state index in [1.54, 1.807) is 0 Å². The van der Waals surface area contributed by atoms with E-state index in [1.165, 1.54) is 0 Å². The molecule has 1 heterocycles. The monoisotopic (exact) mass is 408 g/mol. The van der Waals surface area contributed by atoms with Crippen LogP contribution in [-0.2, 0) is 11.3 Å². The van der Waals surface area contributed by atoms with Crippen LogP contribution >= 0.6 is 0 Å². The van der Waals surface area contributed by atoms with E-state index >= 15 is 0 Å². The van der Waals surface area contributed by atoms with Crippen molar-refractivity contribution in [2.45, 2.75) is 32.9 Å². The highest BCUT2D eigenvalue weighted by Gasteiger charge is 2.19. The number of nitrogens with one attached hydrogen (secondary N) is 2. The first kappa shape index (κ1) is 21.8. The molecule has 1 fully saturated rings. The maximum Gasteiger partial charge on any atom is 0.251 e. The van der Waals surface area contributed by atoms with Gasteiger partial charge in [0.25, 0.3) is 5.91 Å². The molecule has 6 nitrogen and oxygen atoms in total. The summed E-state index contributed by atoms with van der Waals surface area (Å²) in [4.78, 5) is 29.1. The van der Waals surface area contributed by atoms with Gasteiger partial charge in [-0.1, -0.05) is 30.3 Å². The van der Waals surface area contributed by atoms with Crippen LogP contribution in [0.25, 0.3) is 0 Å². The molecule has 0 spiro atoms. The quantitative estimate of drug-likeness (QED) is 0.705. The maximum atomic E-state index is 12.3. The van der Waals surface area contributed by atoms with Crippen molar-refractivity contribution in [2.24, 2.45) is 0 Å². The van der Waals surface area contributed by atoms with Gasteiger partial charge < -0.3 is 15.5 Å². The van der Waals surface area contributed by atoms with Crippen molar-refractivity contribution in [2.75, 3.05) is 37.6 Å². The predicted octanol–water partition coefficient (Wildman–Crippen LogP) is 2.65. The van der Waals surface area contributed by atoms with E-state index < -0.39 is 0 Å². The number of amides is 2. The van der Waals surface area contributed by atoms with Gasteiger partial charge in [0.15, 0.2) is 0 Å². The third kappa shape index (κ3) is 6.32. The second kappa shape index (κ2) is 10.8. The standard InChI is InChI=1S/C24H32N4O2/c1-19(2)27-14-16-28(17-15-27)22-10-8-21(9-11-22)24(30)25-13-12-23(29)26-18-20-6-4-3-5-7-20/h3-11,19H,12-18H2,1-2H3,(H,25,30)(H,26,29). The summed E-state index contributed by atoms with van der Waals surface area (Å²) in [7, 11) is 0. The van der Waals surface area contributed by atoms with Crippen molar-refractivity contribution < 1.29 is 9.59 Å². The molecule has 0 atom stereocenters. The summed E-state index contributed by atoms with van der Waals surface area (Å²) in [6, 6.07) is 18.1. The smallest absolute Gasteiger partial charge is 0.251 e. The zero-order valence-corrected chi connectivity index (χ0v) is 17.9. The van der Waals surface area contributed by atoms with Crippen LogP contribution in [0.2, 0.25) is 0 Å². The number of anilines is 1. The highest BCUT2D eigenvalue weighted by atomic mass is 16.2. The molecule has 30 heavy (non-hydrogen) atoms. The highest BCUT2D eigenvalue weighted by Crippen LogP contribution is 2.18. The number of piperazine rings is 1. The molecular formula is C24H32N4O2. The SMILES string of the molecule is CC(C)N1CCN(c2ccc(C(=O)NCCC(=O)NCc3ccccc3)cc2)CC1. The average Bonchev–Trinajstić information content (AvgIpc) is 2.78. The van der Waals surface area contributed by atoms with Gasteiger partial charge in [0.2, 0.25) is 5.91 Å². The van der Waals surface area contributed by atoms with E-state index in [4.69, 9.17) is 0 Å². The zero-order valence-electron chi connectivity index (χ0n) is 17.9. The van der Waals surface area contributed by atoms with Crippen molar-refractivity contribution in [3.63, 3.8) is 0 Å². The summed E-state index contributed by atoms with van der Waals surface area (Å²) < 4.78 is 0. The van der Waals surface area contributed by atoms with Gasteiger partial charge in [-0.15, -0.1) is 0 Å². The van der Waals surface area contributed by atoms with Gasteiger partial charge in [0, 0.05) is 63.0 Å². The van der Waals surface area contributed by atoms with E-state index in [0.717, 1.165) is 37.4 Å². The van der Waals surface area contributed by atoms with Gasteiger partial charge in [-0.2, -0.15) is 0 Å². The topological polar surface area (TPSA) is 64.7 Å². The number of carbonyl (C=O) groups excluding carboxylic acids is 2. The number of nitrogens with zero attached hydrogens (tertiary/aromatic N) is 2. The highest BCUT2D eigenvalue weighted by molar-refractivity contribution is 5.94. The summed E-state index contributed by atoms with van der Waals surface area (Å²) in [6.45, 7) is 9.41. The number of benzene rings is 2. The van der Waals surface area contributed by atoms with Crippen molar-refractivity contribution in [1.82, 2.24) is 15.5 Å². The van der Waals surface area contributed by atoms with Crippen LogP contribution in [0.5, 0.6) is 0 Å². The van der Waals surface area contributed by atoms with E-state index in [0.29, 0.717) is 24.7 Å². The molecule has 0 aliphatic carbocycles. The van der Waals surface area contributed by atoms with Gasteiger partial charge in [-0.25, -0.2) is 0 Å². The Bertz CT molecular complexity index is 813. The maximum absolute atomic E-state index is 12.3. The molecule has 2 N–H and O–H groups in total. The lowest BCUT2D eigenvalue weighted by Gasteiger charge is -2.38. The lowest BCUT2D eigenvalue weighted by molar-refractivity contribution is -0.121. The van der Waals surface area contributed by atoms with Gasteiger partial charge >= 0.3 is 0 Å². The number of carbonyl (C=O) groups is 2. The van der Waals surface area contributed by atoms with Crippen molar-refractivity contribution in [3.8, 4) is 0 Å². The number of rotatable bonds is 8. The Morgan fingerprint density at radius 2 is 1.57 bits per heavy atom. The largest absolute Gasteiger partial charge is 0.369 e. The number of hydrogen-bond acceptors (Lipinski definition) is 4. The third-order valence-corrected chi connectivity index (χ3v) is 5.51. The fourth-order valence-electron chi connectivity index (χ4n) is 3.60.